The fraction of sp³-hybridized carbons (Fsp3) is 0.562. The van der Waals surface area contributed by atoms with E-state index in [2.05, 4.69) is 5.32 Å². The van der Waals surface area contributed by atoms with Crippen molar-refractivity contribution in [2.75, 3.05) is 26.2 Å². The van der Waals surface area contributed by atoms with Crippen molar-refractivity contribution in [3.05, 3.63) is 35.4 Å². The number of halogens is 3. The Morgan fingerprint density at radius 3 is 2.36 bits per heavy atom. The van der Waals surface area contributed by atoms with Crippen molar-refractivity contribution >= 4 is 18.3 Å². The predicted molar refractivity (Wildman–Crippen MR) is 83.3 cm³/mol. The number of rotatable bonds is 1. The van der Waals surface area contributed by atoms with Crippen molar-refractivity contribution in [3.63, 3.8) is 0 Å². The molecule has 2 aliphatic rings. The van der Waals surface area contributed by atoms with Gasteiger partial charge in [0.05, 0.1) is 5.56 Å². The Hall–Kier alpha value is -1.20. The van der Waals surface area contributed by atoms with Gasteiger partial charge in [-0.15, -0.1) is 12.4 Å². The summed E-state index contributed by atoms with van der Waals surface area (Å²) in [5, 5.41) is 3.36. The van der Waals surface area contributed by atoms with Gasteiger partial charge in [-0.1, -0.05) is 0 Å². The number of carbonyl (C=O) groups is 1. The first-order valence-corrected chi connectivity index (χ1v) is 7.55. The average Bonchev–Trinajstić information content (AvgIpc) is 2.51. The van der Waals surface area contributed by atoms with Crippen molar-refractivity contribution in [3.8, 4) is 0 Å². The second-order valence-electron chi connectivity index (χ2n) is 6.17. The Morgan fingerprint density at radius 2 is 1.73 bits per heavy atom. The maximum absolute atomic E-state index is 13.7. The molecule has 3 rings (SSSR count). The Bertz CT molecular complexity index is 537. The molecule has 1 amide bonds. The monoisotopic (exact) mass is 330 g/mol. The maximum atomic E-state index is 13.7. The zero-order valence-electron chi connectivity index (χ0n) is 12.4. The summed E-state index contributed by atoms with van der Waals surface area (Å²) in [5.41, 5.74) is 0.180. The van der Waals surface area contributed by atoms with Gasteiger partial charge in [-0.05, 0) is 62.4 Å². The van der Waals surface area contributed by atoms with Crippen LogP contribution in [0.1, 0.15) is 36.0 Å². The average molecular weight is 331 g/mol. The first kappa shape index (κ1) is 17.2. The Kier molecular flexibility index (Phi) is 5.40. The van der Waals surface area contributed by atoms with Crippen LogP contribution in [-0.2, 0) is 0 Å². The highest BCUT2D eigenvalue weighted by Crippen LogP contribution is 2.39. The van der Waals surface area contributed by atoms with E-state index in [4.69, 9.17) is 0 Å². The van der Waals surface area contributed by atoms with E-state index in [0.717, 1.165) is 57.0 Å². The molecule has 1 spiro atoms. The molecule has 2 fully saturated rings. The number of piperidine rings is 2. The van der Waals surface area contributed by atoms with E-state index in [1.54, 1.807) is 4.90 Å². The fourth-order valence-electron chi connectivity index (χ4n) is 3.47. The molecule has 1 aromatic carbocycles. The van der Waals surface area contributed by atoms with Crippen molar-refractivity contribution in [2.24, 2.45) is 5.41 Å². The minimum atomic E-state index is -0.649. The van der Waals surface area contributed by atoms with E-state index in [9.17, 15) is 13.6 Å². The highest BCUT2D eigenvalue weighted by atomic mass is 35.5. The minimum absolute atomic E-state index is 0. The Morgan fingerprint density at radius 1 is 1.09 bits per heavy atom. The second kappa shape index (κ2) is 6.92. The maximum Gasteiger partial charge on any atom is 0.256 e. The topological polar surface area (TPSA) is 32.3 Å². The SMILES string of the molecule is Cl.O=C(c1cc(F)ccc1F)N1CCC2(CCNCC2)CC1. The Labute approximate surface area is 135 Å². The first-order valence-electron chi connectivity index (χ1n) is 7.55. The number of benzene rings is 1. The normalized spacial score (nSPS) is 20.5. The molecule has 0 atom stereocenters. The van der Waals surface area contributed by atoms with Crippen molar-refractivity contribution in [2.45, 2.75) is 25.7 Å². The summed E-state index contributed by atoms with van der Waals surface area (Å²) in [6, 6.07) is 3.04. The third-order valence-corrected chi connectivity index (χ3v) is 4.93. The van der Waals surface area contributed by atoms with Crippen LogP contribution in [-0.4, -0.2) is 37.0 Å². The number of carbonyl (C=O) groups excluding carboxylic acids is 1. The summed E-state index contributed by atoms with van der Waals surface area (Å²) in [4.78, 5) is 14.0. The molecule has 2 heterocycles. The quantitative estimate of drug-likeness (QED) is 0.858. The van der Waals surface area contributed by atoms with Gasteiger partial charge in [0.25, 0.3) is 5.91 Å². The molecule has 0 saturated carbocycles. The molecular weight excluding hydrogens is 310 g/mol. The van der Waals surface area contributed by atoms with Gasteiger partial charge in [0.1, 0.15) is 11.6 Å². The van der Waals surface area contributed by atoms with Crippen molar-refractivity contribution in [1.29, 1.82) is 0 Å². The van der Waals surface area contributed by atoms with Crippen LogP contribution in [0.3, 0.4) is 0 Å². The number of hydrogen-bond donors (Lipinski definition) is 1. The summed E-state index contributed by atoms with van der Waals surface area (Å²) >= 11 is 0. The first-order chi connectivity index (χ1) is 10.1. The van der Waals surface area contributed by atoms with E-state index in [1.807, 2.05) is 0 Å². The standard InChI is InChI=1S/C16H20F2N2O.ClH/c17-12-1-2-14(18)13(11-12)15(21)20-9-5-16(6-10-20)3-7-19-8-4-16;/h1-2,11,19H,3-10H2;1H. The molecule has 0 bridgehead atoms. The molecule has 0 radical (unpaired) electrons. The minimum Gasteiger partial charge on any atom is -0.339 e. The summed E-state index contributed by atoms with van der Waals surface area (Å²) in [6.07, 6.45) is 4.20. The molecule has 3 nitrogen and oxygen atoms in total. The van der Waals surface area contributed by atoms with Crippen LogP contribution in [0.15, 0.2) is 18.2 Å². The smallest absolute Gasteiger partial charge is 0.256 e. The van der Waals surface area contributed by atoms with Crippen LogP contribution in [0.4, 0.5) is 8.78 Å². The lowest BCUT2D eigenvalue weighted by Crippen LogP contribution is -2.47. The zero-order valence-corrected chi connectivity index (χ0v) is 13.2. The number of likely N-dealkylation sites (tertiary alicyclic amines) is 1. The van der Waals surface area contributed by atoms with E-state index in [1.165, 1.54) is 0 Å². The van der Waals surface area contributed by atoms with E-state index < -0.39 is 17.5 Å². The van der Waals surface area contributed by atoms with Crippen LogP contribution in [0, 0.1) is 17.0 Å². The second-order valence-corrected chi connectivity index (χ2v) is 6.17. The van der Waals surface area contributed by atoms with Gasteiger partial charge >= 0.3 is 0 Å². The molecule has 0 aliphatic carbocycles. The number of hydrogen-bond acceptors (Lipinski definition) is 2. The molecule has 0 aromatic heterocycles. The van der Waals surface area contributed by atoms with Gasteiger partial charge in [0.15, 0.2) is 0 Å². The van der Waals surface area contributed by atoms with E-state index in [0.29, 0.717) is 18.5 Å². The van der Waals surface area contributed by atoms with E-state index in [-0.39, 0.29) is 18.0 Å². The zero-order chi connectivity index (χ0) is 14.9. The van der Waals surface area contributed by atoms with Crippen molar-refractivity contribution < 1.29 is 13.6 Å². The van der Waals surface area contributed by atoms with Crippen molar-refractivity contribution in [1.82, 2.24) is 10.2 Å². The summed E-state index contributed by atoms with van der Waals surface area (Å²) in [6.45, 7) is 3.34. The highest BCUT2D eigenvalue weighted by molar-refractivity contribution is 5.94. The summed E-state index contributed by atoms with van der Waals surface area (Å²) in [5.74, 6) is -1.62. The summed E-state index contributed by atoms with van der Waals surface area (Å²) in [7, 11) is 0. The predicted octanol–water partition coefficient (Wildman–Crippen LogP) is 2.99. The number of amides is 1. The van der Waals surface area contributed by atoms with Gasteiger partial charge in [-0.25, -0.2) is 8.78 Å². The van der Waals surface area contributed by atoms with Crippen LogP contribution < -0.4 is 5.32 Å². The molecule has 0 unspecified atom stereocenters. The largest absolute Gasteiger partial charge is 0.339 e. The van der Waals surface area contributed by atoms with Gasteiger partial charge in [-0.3, -0.25) is 4.79 Å². The Balaban J connectivity index is 0.00000176. The van der Waals surface area contributed by atoms with Crippen LogP contribution in [0.5, 0.6) is 0 Å². The van der Waals surface area contributed by atoms with Gasteiger partial charge in [-0.2, -0.15) is 0 Å². The van der Waals surface area contributed by atoms with Crippen LogP contribution in [0.2, 0.25) is 0 Å². The number of nitrogens with zero attached hydrogens (tertiary/aromatic N) is 1. The van der Waals surface area contributed by atoms with Crippen LogP contribution >= 0.6 is 12.4 Å². The molecule has 1 aromatic rings. The molecule has 2 saturated heterocycles. The third-order valence-electron chi connectivity index (χ3n) is 4.93. The molecule has 122 valence electrons. The molecule has 6 heteroatoms. The lowest BCUT2D eigenvalue weighted by molar-refractivity contribution is 0.0491. The van der Waals surface area contributed by atoms with Gasteiger partial charge in [0.2, 0.25) is 0 Å². The summed E-state index contributed by atoms with van der Waals surface area (Å²) < 4.78 is 26.9. The molecule has 22 heavy (non-hydrogen) atoms. The lowest BCUT2D eigenvalue weighted by Gasteiger charge is -2.44. The highest BCUT2D eigenvalue weighted by Gasteiger charge is 2.37. The fourth-order valence-corrected chi connectivity index (χ4v) is 3.47. The molecule has 1 N–H and O–H groups in total. The molecular formula is C16H21ClF2N2O. The number of nitrogens with one attached hydrogen (secondary N) is 1. The molecule has 2 aliphatic heterocycles. The van der Waals surface area contributed by atoms with Crippen LogP contribution in [0.25, 0.3) is 0 Å². The lowest BCUT2D eigenvalue weighted by atomic mass is 9.71. The third kappa shape index (κ3) is 3.41. The van der Waals surface area contributed by atoms with E-state index >= 15 is 0 Å². The van der Waals surface area contributed by atoms with Gasteiger partial charge < -0.3 is 10.2 Å². The van der Waals surface area contributed by atoms with Gasteiger partial charge in [0, 0.05) is 13.1 Å².